The highest BCUT2D eigenvalue weighted by Gasteiger charge is 2.14. The average Bonchev–Trinajstić information content (AvgIpc) is 2.97. The maximum atomic E-state index is 11.4. The van der Waals surface area contributed by atoms with E-state index in [-0.39, 0.29) is 11.7 Å². The first-order chi connectivity index (χ1) is 9.01. The Balaban J connectivity index is 2.20. The van der Waals surface area contributed by atoms with Crippen molar-refractivity contribution < 1.29 is 14.5 Å². The molecule has 0 saturated carbocycles. The normalized spacial score (nSPS) is 10.4. The lowest BCUT2D eigenvalue weighted by Gasteiger charge is -1.98. The fourth-order valence-electron chi connectivity index (χ4n) is 1.59. The molecule has 7 nitrogen and oxygen atoms in total. The zero-order valence-corrected chi connectivity index (χ0v) is 11.1. The highest BCUT2D eigenvalue weighted by molar-refractivity contribution is 7.14. The second-order valence-electron chi connectivity index (χ2n) is 3.84. The summed E-state index contributed by atoms with van der Waals surface area (Å²) in [6.45, 7) is 2.26. The Morgan fingerprint density at radius 3 is 2.95 bits per heavy atom. The number of thiophene rings is 1. The zero-order valence-electron chi connectivity index (χ0n) is 10.3. The van der Waals surface area contributed by atoms with Gasteiger partial charge in [0, 0.05) is 4.88 Å². The van der Waals surface area contributed by atoms with E-state index >= 15 is 0 Å². The van der Waals surface area contributed by atoms with Crippen LogP contribution in [0.5, 0.6) is 0 Å². The van der Waals surface area contributed by atoms with Gasteiger partial charge in [-0.3, -0.25) is 14.8 Å². The predicted molar refractivity (Wildman–Crippen MR) is 68.4 cm³/mol. The fourth-order valence-corrected chi connectivity index (χ4v) is 2.54. The van der Waals surface area contributed by atoms with Crippen LogP contribution in [0.4, 0.5) is 5.69 Å². The van der Waals surface area contributed by atoms with E-state index in [0.29, 0.717) is 11.4 Å². The molecule has 2 aromatic heterocycles. The lowest BCUT2D eigenvalue weighted by Crippen LogP contribution is -2.00. The van der Waals surface area contributed by atoms with Crippen LogP contribution < -0.4 is 0 Å². The highest BCUT2D eigenvalue weighted by atomic mass is 32.1. The van der Waals surface area contributed by atoms with Crippen LogP contribution >= 0.6 is 11.3 Å². The van der Waals surface area contributed by atoms with Crippen molar-refractivity contribution in [2.24, 2.45) is 0 Å². The molecule has 0 fully saturated rings. The topological polar surface area (TPSA) is 87.3 Å². The zero-order chi connectivity index (χ0) is 14.0. The molecule has 2 aromatic rings. The number of rotatable bonds is 4. The van der Waals surface area contributed by atoms with Gasteiger partial charge < -0.3 is 4.74 Å². The molecule has 0 unspecified atom stereocenters. The number of carbonyl (C=O) groups is 1. The average molecular weight is 281 g/mol. The van der Waals surface area contributed by atoms with Gasteiger partial charge in [-0.2, -0.15) is 5.10 Å². The van der Waals surface area contributed by atoms with Crippen LogP contribution in [0.25, 0.3) is 0 Å². The summed E-state index contributed by atoms with van der Waals surface area (Å²) in [6, 6.07) is 1.72. The van der Waals surface area contributed by atoms with Gasteiger partial charge in [-0.15, -0.1) is 11.3 Å². The van der Waals surface area contributed by atoms with E-state index in [4.69, 9.17) is 0 Å². The predicted octanol–water partition coefficient (Wildman–Crippen LogP) is 2.00. The quantitative estimate of drug-likeness (QED) is 0.486. The number of methoxy groups -OCH3 is 1. The van der Waals surface area contributed by atoms with Crippen LogP contribution in [-0.4, -0.2) is 27.8 Å². The highest BCUT2D eigenvalue weighted by Crippen LogP contribution is 2.23. The number of esters is 1. The summed E-state index contributed by atoms with van der Waals surface area (Å²) in [7, 11) is 1.33. The maximum absolute atomic E-state index is 11.4. The van der Waals surface area contributed by atoms with E-state index in [1.54, 1.807) is 6.07 Å². The molecule has 0 N–H and O–H groups in total. The first-order valence-corrected chi connectivity index (χ1v) is 6.17. The summed E-state index contributed by atoms with van der Waals surface area (Å²) in [4.78, 5) is 22.9. The number of nitrogens with zero attached hydrogens (tertiary/aromatic N) is 3. The van der Waals surface area contributed by atoms with Crippen LogP contribution in [-0.2, 0) is 11.3 Å². The lowest BCUT2D eigenvalue weighted by atomic mass is 10.2. The van der Waals surface area contributed by atoms with E-state index in [1.165, 1.54) is 35.5 Å². The van der Waals surface area contributed by atoms with Gasteiger partial charge in [0.15, 0.2) is 0 Å². The van der Waals surface area contributed by atoms with Crippen molar-refractivity contribution in [3.05, 3.63) is 43.9 Å². The number of hydrogen-bond donors (Lipinski definition) is 0. The molecule has 2 heterocycles. The van der Waals surface area contributed by atoms with Crippen molar-refractivity contribution in [1.82, 2.24) is 9.78 Å². The van der Waals surface area contributed by atoms with Crippen LogP contribution in [0, 0.1) is 17.0 Å². The molecule has 0 aliphatic rings. The minimum absolute atomic E-state index is 0.0546. The molecule has 2 rings (SSSR count). The number of aromatic nitrogens is 2. The first kappa shape index (κ1) is 13.2. The Bertz CT molecular complexity index is 632. The van der Waals surface area contributed by atoms with Crippen molar-refractivity contribution in [3.63, 3.8) is 0 Å². The molecule has 0 aliphatic carbocycles. The summed E-state index contributed by atoms with van der Waals surface area (Å²) in [5.74, 6) is -0.384. The largest absolute Gasteiger partial charge is 0.465 e. The van der Waals surface area contributed by atoms with Crippen molar-refractivity contribution in [2.45, 2.75) is 13.5 Å². The number of carbonyl (C=O) groups excluding carboxylic acids is 1. The summed E-state index contributed by atoms with van der Waals surface area (Å²) >= 11 is 1.33. The van der Waals surface area contributed by atoms with Gasteiger partial charge in [0.2, 0.25) is 0 Å². The van der Waals surface area contributed by atoms with Crippen molar-refractivity contribution in [1.29, 1.82) is 0 Å². The molecule has 0 spiro atoms. The second kappa shape index (κ2) is 5.19. The molecule has 8 heteroatoms. The van der Waals surface area contributed by atoms with Crippen molar-refractivity contribution in [3.8, 4) is 0 Å². The van der Waals surface area contributed by atoms with Crippen molar-refractivity contribution >= 4 is 23.0 Å². The van der Waals surface area contributed by atoms with Crippen LogP contribution in [0.1, 0.15) is 20.1 Å². The third-order valence-corrected chi connectivity index (χ3v) is 3.64. The molecule has 19 heavy (non-hydrogen) atoms. The van der Waals surface area contributed by atoms with E-state index in [9.17, 15) is 14.9 Å². The van der Waals surface area contributed by atoms with Gasteiger partial charge in [-0.1, -0.05) is 0 Å². The minimum atomic E-state index is -0.496. The standard InChI is InChI=1S/C11H11N3O4S/c1-7-8(3-10(19-7)11(15)18-2)5-13-6-9(4-12-13)14(16)17/h3-4,6H,5H2,1-2H3. The summed E-state index contributed by atoms with van der Waals surface area (Å²) in [5, 5.41) is 14.5. The van der Waals surface area contributed by atoms with Gasteiger partial charge >= 0.3 is 11.7 Å². The van der Waals surface area contributed by atoms with Crippen molar-refractivity contribution in [2.75, 3.05) is 7.11 Å². The monoisotopic (exact) mass is 281 g/mol. The number of nitro groups is 1. The Morgan fingerprint density at radius 2 is 2.37 bits per heavy atom. The van der Waals surface area contributed by atoms with E-state index in [1.807, 2.05) is 6.92 Å². The Morgan fingerprint density at radius 1 is 1.63 bits per heavy atom. The summed E-state index contributed by atoms with van der Waals surface area (Å²) in [5.41, 5.74) is 0.837. The molecule has 0 bridgehead atoms. The molecular formula is C11H11N3O4S. The number of ether oxygens (including phenoxy) is 1. The smallest absolute Gasteiger partial charge is 0.348 e. The molecule has 100 valence electrons. The molecule has 0 aromatic carbocycles. The first-order valence-electron chi connectivity index (χ1n) is 5.35. The lowest BCUT2D eigenvalue weighted by molar-refractivity contribution is -0.385. The van der Waals surface area contributed by atoms with Gasteiger partial charge in [-0.05, 0) is 18.6 Å². The van der Waals surface area contributed by atoms with Crippen LogP contribution in [0.15, 0.2) is 18.5 Å². The van der Waals surface area contributed by atoms with E-state index in [0.717, 1.165) is 10.4 Å². The minimum Gasteiger partial charge on any atom is -0.465 e. The molecule has 0 atom stereocenters. The van der Waals surface area contributed by atoms with Gasteiger partial charge in [0.25, 0.3) is 0 Å². The van der Waals surface area contributed by atoms with E-state index in [2.05, 4.69) is 9.84 Å². The fraction of sp³-hybridized carbons (Fsp3) is 0.273. The molecule has 0 aliphatic heterocycles. The third-order valence-electron chi connectivity index (χ3n) is 2.57. The maximum Gasteiger partial charge on any atom is 0.348 e. The Labute approximate surface area is 112 Å². The molecular weight excluding hydrogens is 270 g/mol. The second-order valence-corrected chi connectivity index (χ2v) is 5.09. The number of aryl methyl sites for hydroxylation is 1. The Hall–Kier alpha value is -2.22. The van der Waals surface area contributed by atoms with Gasteiger partial charge in [0.05, 0.1) is 18.6 Å². The molecule has 0 radical (unpaired) electrons. The van der Waals surface area contributed by atoms with Crippen LogP contribution in [0.3, 0.4) is 0 Å². The number of hydrogen-bond acceptors (Lipinski definition) is 6. The SMILES string of the molecule is COC(=O)c1cc(Cn2cc([N+](=O)[O-])cn2)c(C)s1. The van der Waals surface area contributed by atoms with E-state index < -0.39 is 4.92 Å². The van der Waals surface area contributed by atoms with Crippen LogP contribution in [0.2, 0.25) is 0 Å². The molecule has 0 amide bonds. The summed E-state index contributed by atoms with van der Waals surface area (Å²) in [6.07, 6.45) is 2.55. The molecule has 0 saturated heterocycles. The van der Waals surface area contributed by atoms with Gasteiger partial charge in [0.1, 0.15) is 17.3 Å². The third kappa shape index (κ3) is 2.79. The Kier molecular flexibility index (Phi) is 3.61. The van der Waals surface area contributed by atoms with Gasteiger partial charge in [-0.25, -0.2) is 4.79 Å². The summed E-state index contributed by atoms with van der Waals surface area (Å²) < 4.78 is 6.12.